The Labute approximate surface area is 304 Å². The fraction of sp³-hybridized carbons (Fsp3) is 0. The SMILES string of the molecule is c1ccc2cc(-c3nc(-c4ccc5ccc6ccccc6c5c4)nc(-c4c(-c5ccc6ccccc6c5)ccc5oc6ccccc6c45)n3)ccc2c1. The van der Waals surface area contributed by atoms with Gasteiger partial charge in [0.15, 0.2) is 17.5 Å². The Hall–Kier alpha value is -7.17. The van der Waals surface area contributed by atoms with Crippen LogP contribution in [0.3, 0.4) is 0 Å². The molecule has 4 heteroatoms. The topological polar surface area (TPSA) is 51.8 Å². The van der Waals surface area contributed by atoms with E-state index in [-0.39, 0.29) is 0 Å². The highest BCUT2D eigenvalue weighted by Gasteiger charge is 2.22. The summed E-state index contributed by atoms with van der Waals surface area (Å²) in [7, 11) is 0. The smallest absolute Gasteiger partial charge is 0.165 e. The van der Waals surface area contributed by atoms with Crippen LogP contribution in [0.25, 0.3) is 110 Å². The van der Waals surface area contributed by atoms with Crippen LogP contribution in [0.15, 0.2) is 180 Å². The van der Waals surface area contributed by atoms with Gasteiger partial charge in [0, 0.05) is 27.5 Å². The van der Waals surface area contributed by atoms with Gasteiger partial charge in [-0.25, -0.2) is 15.0 Å². The van der Waals surface area contributed by atoms with Crippen molar-refractivity contribution in [2.75, 3.05) is 0 Å². The second-order valence-electron chi connectivity index (χ2n) is 13.6. The van der Waals surface area contributed by atoms with Gasteiger partial charge in [0.25, 0.3) is 0 Å². The molecule has 2 aromatic heterocycles. The summed E-state index contributed by atoms with van der Waals surface area (Å²) in [5.74, 6) is 1.82. The van der Waals surface area contributed by atoms with Gasteiger partial charge < -0.3 is 4.42 Å². The van der Waals surface area contributed by atoms with Crippen LogP contribution in [-0.4, -0.2) is 15.0 Å². The molecular formula is C49H29N3O. The van der Waals surface area contributed by atoms with Crippen LogP contribution in [0.1, 0.15) is 0 Å². The third-order valence-electron chi connectivity index (χ3n) is 10.5. The minimum Gasteiger partial charge on any atom is -0.456 e. The first-order valence-electron chi connectivity index (χ1n) is 17.8. The van der Waals surface area contributed by atoms with Gasteiger partial charge in [0.1, 0.15) is 11.2 Å². The molecule has 0 aliphatic carbocycles. The van der Waals surface area contributed by atoms with Crippen molar-refractivity contribution in [2.24, 2.45) is 0 Å². The van der Waals surface area contributed by atoms with Crippen LogP contribution in [0.5, 0.6) is 0 Å². The van der Waals surface area contributed by atoms with E-state index in [9.17, 15) is 0 Å². The zero-order valence-electron chi connectivity index (χ0n) is 28.5. The molecule has 2 heterocycles. The van der Waals surface area contributed by atoms with E-state index in [4.69, 9.17) is 19.4 Å². The van der Waals surface area contributed by atoms with Crippen LogP contribution < -0.4 is 0 Å². The summed E-state index contributed by atoms with van der Waals surface area (Å²) in [5, 5.41) is 11.4. The molecule has 0 atom stereocenters. The van der Waals surface area contributed by atoms with Gasteiger partial charge in [-0.15, -0.1) is 0 Å². The summed E-state index contributed by atoms with van der Waals surface area (Å²) < 4.78 is 6.47. The molecule has 11 rings (SSSR count). The van der Waals surface area contributed by atoms with Gasteiger partial charge >= 0.3 is 0 Å². The maximum Gasteiger partial charge on any atom is 0.165 e. The Kier molecular flexibility index (Phi) is 6.52. The molecule has 0 fully saturated rings. The van der Waals surface area contributed by atoms with Crippen molar-refractivity contribution in [3.63, 3.8) is 0 Å². The first-order chi connectivity index (χ1) is 26.2. The van der Waals surface area contributed by atoms with E-state index in [1.165, 1.54) is 32.3 Å². The van der Waals surface area contributed by atoms with Crippen LogP contribution in [0.4, 0.5) is 0 Å². The van der Waals surface area contributed by atoms with Gasteiger partial charge in [0.05, 0.1) is 0 Å². The molecule has 0 spiro atoms. The number of benzene rings is 9. The Morgan fingerprint density at radius 3 is 1.57 bits per heavy atom. The third kappa shape index (κ3) is 4.88. The predicted molar refractivity (Wildman–Crippen MR) is 219 cm³/mol. The summed E-state index contributed by atoms with van der Waals surface area (Å²) >= 11 is 0. The standard InChI is InChI=1S/C49H29N3O/c1-3-12-34-27-36(22-17-30(34)9-1)40-25-26-44-45(41-15-7-8-16-43(41)53-44)46(40)49-51-47(37-23-18-31-10-2-4-13-35(31)28-37)50-48(52-49)38-24-21-33-20-19-32-11-5-6-14-39(32)42(33)29-38/h1-29H. The Morgan fingerprint density at radius 1 is 0.321 bits per heavy atom. The number of nitrogens with zero attached hydrogens (tertiary/aromatic N) is 3. The number of furan rings is 1. The number of hydrogen-bond donors (Lipinski definition) is 0. The van der Waals surface area contributed by atoms with E-state index in [1.54, 1.807) is 0 Å². The molecule has 0 amide bonds. The molecule has 53 heavy (non-hydrogen) atoms. The summed E-state index contributed by atoms with van der Waals surface area (Å²) in [6.07, 6.45) is 0. The van der Waals surface area contributed by atoms with Crippen molar-refractivity contribution < 1.29 is 4.42 Å². The van der Waals surface area contributed by atoms with Gasteiger partial charge in [-0.2, -0.15) is 0 Å². The molecule has 0 N–H and O–H groups in total. The Bertz CT molecular complexity index is 3250. The number of hydrogen-bond acceptors (Lipinski definition) is 4. The fourth-order valence-electron chi connectivity index (χ4n) is 7.86. The van der Waals surface area contributed by atoms with E-state index in [0.29, 0.717) is 17.5 Å². The van der Waals surface area contributed by atoms with E-state index in [2.05, 4.69) is 164 Å². The van der Waals surface area contributed by atoms with Crippen molar-refractivity contribution >= 4 is 65.0 Å². The van der Waals surface area contributed by atoms with Crippen LogP contribution in [0.2, 0.25) is 0 Å². The highest BCUT2D eigenvalue weighted by molar-refractivity contribution is 6.15. The fourth-order valence-corrected chi connectivity index (χ4v) is 7.86. The summed E-state index contributed by atoms with van der Waals surface area (Å²) in [5.41, 5.74) is 6.49. The lowest BCUT2D eigenvalue weighted by molar-refractivity contribution is 0.669. The average molecular weight is 676 g/mol. The minimum atomic E-state index is 0.594. The van der Waals surface area contributed by atoms with E-state index in [0.717, 1.165) is 60.5 Å². The summed E-state index contributed by atoms with van der Waals surface area (Å²) in [6.45, 7) is 0. The lowest BCUT2D eigenvalue weighted by Crippen LogP contribution is -2.02. The first kappa shape index (κ1) is 29.5. The van der Waals surface area contributed by atoms with Gasteiger partial charge in [-0.3, -0.25) is 0 Å². The average Bonchev–Trinajstić information content (AvgIpc) is 3.61. The molecule has 4 nitrogen and oxygen atoms in total. The quantitative estimate of drug-likeness (QED) is 0.174. The van der Waals surface area contributed by atoms with Crippen LogP contribution >= 0.6 is 0 Å². The van der Waals surface area contributed by atoms with Crippen molar-refractivity contribution in [3.05, 3.63) is 176 Å². The maximum absolute atomic E-state index is 6.47. The molecule has 0 saturated carbocycles. The zero-order chi connectivity index (χ0) is 34.9. The van der Waals surface area contributed by atoms with Gasteiger partial charge in [-0.05, 0) is 90.6 Å². The second kappa shape index (κ2) is 11.7. The molecule has 0 saturated heterocycles. The molecule has 0 radical (unpaired) electrons. The van der Waals surface area contributed by atoms with E-state index < -0.39 is 0 Å². The van der Waals surface area contributed by atoms with Crippen molar-refractivity contribution in [2.45, 2.75) is 0 Å². The van der Waals surface area contributed by atoms with Crippen molar-refractivity contribution in [1.82, 2.24) is 15.0 Å². The molecule has 0 aliphatic heterocycles. The molecule has 9 aromatic carbocycles. The monoisotopic (exact) mass is 675 g/mol. The lowest BCUT2D eigenvalue weighted by Gasteiger charge is -2.14. The van der Waals surface area contributed by atoms with Crippen molar-refractivity contribution in [3.8, 4) is 45.3 Å². The lowest BCUT2D eigenvalue weighted by atomic mass is 9.93. The molecule has 0 aliphatic rings. The molecule has 0 bridgehead atoms. The molecule has 11 aromatic rings. The Morgan fingerprint density at radius 2 is 0.830 bits per heavy atom. The number of fused-ring (bicyclic) bond motifs is 8. The number of para-hydroxylation sites is 1. The van der Waals surface area contributed by atoms with Crippen molar-refractivity contribution in [1.29, 1.82) is 0 Å². The van der Waals surface area contributed by atoms with Gasteiger partial charge in [0.2, 0.25) is 0 Å². The molecular weight excluding hydrogens is 647 g/mol. The second-order valence-corrected chi connectivity index (χ2v) is 13.6. The minimum absolute atomic E-state index is 0.594. The van der Waals surface area contributed by atoms with E-state index in [1.807, 2.05) is 12.1 Å². The first-order valence-corrected chi connectivity index (χ1v) is 17.8. The summed E-state index contributed by atoms with van der Waals surface area (Å²) in [4.78, 5) is 15.9. The predicted octanol–water partition coefficient (Wildman–Crippen LogP) is 13.1. The van der Waals surface area contributed by atoms with Crippen LogP contribution in [0, 0.1) is 0 Å². The molecule has 246 valence electrons. The van der Waals surface area contributed by atoms with E-state index >= 15 is 0 Å². The number of aromatic nitrogens is 3. The highest BCUT2D eigenvalue weighted by atomic mass is 16.3. The Balaban J connectivity index is 1.23. The normalized spacial score (nSPS) is 11.8. The number of rotatable bonds is 4. The third-order valence-corrected chi connectivity index (χ3v) is 10.5. The van der Waals surface area contributed by atoms with Gasteiger partial charge in [-0.1, -0.05) is 140 Å². The van der Waals surface area contributed by atoms with Crippen LogP contribution in [-0.2, 0) is 0 Å². The maximum atomic E-state index is 6.47. The zero-order valence-corrected chi connectivity index (χ0v) is 28.5. The largest absolute Gasteiger partial charge is 0.456 e. The molecule has 0 unspecified atom stereocenters. The highest BCUT2D eigenvalue weighted by Crippen LogP contribution is 2.43. The summed E-state index contributed by atoms with van der Waals surface area (Å²) in [6, 6.07) is 61.7.